The molecule has 40 heavy (non-hydrogen) atoms. The van der Waals surface area contributed by atoms with Crippen LogP contribution in [0.5, 0.6) is 5.75 Å². The fourth-order valence-electron chi connectivity index (χ4n) is 5.78. The molecule has 4 aromatic rings. The smallest absolute Gasteiger partial charge is 0.122 e. The number of piperazine rings is 1. The molecule has 1 fully saturated rings. The average Bonchev–Trinajstić information content (AvgIpc) is 3.00. The summed E-state index contributed by atoms with van der Waals surface area (Å²) < 4.78 is 6.49. The Morgan fingerprint density at radius 3 is 1.68 bits per heavy atom. The monoisotopic (exact) mass is 616 g/mol. The van der Waals surface area contributed by atoms with E-state index in [1.165, 1.54) is 60.6 Å². The summed E-state index contributed by atoms with van der Waals surface area (Å²) in [6, 6.07) is 42.1. The minimum absolute atomic E-state index is 0. The van der Waals surface area contributed by atoms with E-state index in [4.69, 9.17) is 4.74 Å². The molecule has 0 saturated carbocycles. The highest BCUT2D eigenvalue weighted by Gasteiger charge is 2.44. The van der Waals surface area contributed by atoms with Crippen molar-refractivity contribution in [2.45, 2.75) is 19.3 Å². The zero-order valence-corrected chi connectivity index (χ0v) is 26.1. The molecule has 4 aromatic carbocycles. The molecule has 1 aliphatic heterocycles. The number of benzene rings is 4. The molecule has 210 valence electrons. The molecule has 5 heteroatoms. The van der Waals surface area contributed by atoms with Crippen molar-refractivity contribution in [1.82, 2.24) is 9.80 Å². The fourth-order valence-corrected chi connectivity index (χ4v) is 10.1. The Hall–Kier alpha value is -2.49. The van der Waals surface area contributed by atoms with Crippen LogP contribution in [-0.2, 0) is 6.42 Å². The summed E-state index contributed by atoms with van der Waals surface area (Å²) in [4.78, 5) is 5.02. The van der Waals surface area contributed by atoms with Gasteiger partial charge in [-0.3, -0.25) is 0 Å². The molecule has 0 radical (unpaired) electrons. The number of hydrogen-bond acceptors (Lipinski definition) is 3. The highest BCUT2D eigenvalue weighted by Crippen LogP contribution is 2.55. The van der Waals surface area contributed by atoms with Crippen molar-refractivity contribution in [3.05, 3.63) is 121 Å². The van der Waals surface area contributed by atoms with Crippen molar-refractivity contribution in [3.63, 3.8) is 0 Å². The van der Waals surface area contributed by atoms with Crippen LogP contribution < -0.4 is 37.6 Å². The van der Waals surface area contributed by atoms with E-state index >= 15 is 0 Å². The SMILES string of the molecule is CN1CCN(CCCc2ccccc2OCCC[P+](c2ccccc2)(c2ccccc2)c2ccccc2)CC1.[Br-]. The van der Waals surface area contributed by atoms with Crippen LogP contribution in [0.1, 0.15) is 18.4 Å². The maximum absolute atomic E-state index is 6.49. The van der Waals surface area contributed by atoms with Crippen molar-refractivity contribution in [2.75, 3.05) is 52.5 Å². The third-order valence-corrected chi connectivity index (χ3v) is 12.5. The topological polar surface area (TPSA) is 15.7 Å². The minimum Gasteiger partial charge on any atom is -1.00 e. The van der Waals surface area contributed by atoms with Crippen molar-refractivity contribution in [2.24, 2.45) is 0 Å². The quantitative estimate of drug-likeness (QED) is 0.180. The highest BCUT2D eigenvalue weighted by atomic mass is 79.9. The highest BCUT2D eigenvalue weighted by molar-refractivity contribution is 7.95. The first kappa shape index (κ1) is 30.5. The van der Waals surface area contributed by atoms with Crippen molar-refractivity contribution >= 4 is 23.2 Å². The van der Waals surface area contributed by atoms with Crippen molar-refractivity contribution in [3.8, 4) is 5.75 Å². The third-order valence-electron chi connectivity index (χ3n) is 7.98. The zero-order valence-electron chi connectivity index (χ0n) is 23.7. The minimum atomic E-state index is -1.81. The fraction of sp³-hybridized carbons (Fsp3) is 0.314. The van der Waals surface area contributed by atoms with Gasteiger partial charge in [0.25, 0.3) is 0 Å². The normalized spacial score (nSPS) is 14.4. The van der Waals surface area contributed by atoms with Crippen LogP contribution in [0.4, 0.5) is 0 Å². The van der Waals surface area contributed by atoms with E-state index in [1.54, 1.807) is 0 Å². The van der Waals surface area contributed by atoms with Crippen molar-refractivity contribution < 1.29 is 21.7 Å². The molecule has 1 saturated heterocycles. The number of ether oxygens (including phenoxy) is 1. The number of rotatable bonds is 12. The van der Waals surface area contributed by atoms with E-state index < -0.39 is 7.26 Å². The number of aryl methyl sites for hydroxylation is 1. The zero-order chi connectivity index (χ0) is 26.8. The van der Waals surface area contributed by atoms with Crippen LogP contribution in [0.3, 0.4) is 0 Å². The molecule has 5 rings (SSSR count). The average molecular weight is 618 g/mol. The van der Waals surface area contributed by atoms with Crippen LogP contribution >= 0.6 is 7.26 Å². The molecule has 0 unspecified atom stereocenters. The molecule has 0 bridgehead atoms. The summed E-state index contributed by atoms with van der Waals surface area (Å²) in [5.41, 5.74) is 1.34. The Bertz CT molecular complexity index is 1170. The van der Waals surface area contributed by atoms with Crippen LogP contribution in [0, 0.1) is 0 Å². The first-order chi connectivity index (χ1) is 19.3. The molecule has 1 heterocycles. The molecule has 0 amide bonds. The molecular weight excluding hydrogens is 575 g/mol. The van der Waals surface area contributed by atoms with E-state index in [0.29, 0.717) is 0 Å². The van der Waals surface area contributed by atoms with E-state index in [9.17, 15) is 0 Å². The van der Waals surface area contributed by atoms with Crippen LogP contribution in [0.15, 0.2) is 115 Å². The predicted molar refractivity (Wildman–Crippen MR) is 169 cm³/mol. The van der Waals surface area contributed by atoms with Gasteiger partial charge in [-0.15, -0.1) is 0 Å². The largest absolute Gasteiger partial charge is 1.00 e. The maximum atomic E-state index is 6.49. The Labute approximate surface area is 252 Å². The lowest BCUT2D eigenvalue weighted by molar-refractivity contribution is -0.00000818. The Morgan fingerprint density at radius 1 is 0.625 bits per heavy atom. The Balaban J connectivity index is 0.00000370. The lowest BCUT2D eigenvalue weighted by atomic mass is 10.1. The van der Waals surface area contributed by atoms with E-state index in [0.717, 1.165) is 31.4 Å². The van der Waals surface area contributed by atoms with Gasteiger partial charge in [-0.1, -0.05) is 72.8 Å². The van der Waals surface area contributed by atoms with Gasteiger partial charge in [-0.25, -0.2) is 0 Å². The lowest BCUT2D eigenvalue weighted by Crippen LogP contribution is -3.00. The van der Waals surface area contributed by atoms with Gasteiger partial charge in [0.15, 0.2) is 0 Å². The summed E-state index contributed by atoms with van der Waals surface area (Å²) in [5.74, 6) is 1.05. The molecule has 0 aromatic heterocycles. The number of nitrogens with zero attached hydrogens (tertiary/aromatic N) is 2. The second-order valence-electron chi connectivity index (χ2n) is 10.6. The van der Waals surface area contributed by atoms with Gasteiger partial charge >= 0.3 is 0 Å². The number of hydrogen-bond donors (Lipinski definition) is 0. The van der Waals surface area contributed by atoms with Gasteiger partial charge < -0.3 is 31.5 Å². The second-order valence-corrected chi connectivity index (χ2v) is 14.2. The summed E-state index contributed by atoms with van der Waals surface area (Å²) in [7, 11) is 0.406. The Morgan fingerprint density at radius 2 is 1.12 bits per heavy atom. The molecule has 0 N–H and O–H groups in total. The predicted octanol–water partition coefficient (Wildman–Crippen LogP) is 2.63. The third kappa shape index (κ3) is 7.62. The van der Waals surface area contributed by atoms with Gasteiger partial charge in [0.1, 0.15) is 28.9 Å². The van der Waals surface area contributed by atoms with Crippen LogP contribution in [0.2, 0.25) is 0 Å². The molecule has 1 aliphatic rings. The van der Waals surface area contributed by atoms with Gasteiger partial charge in [-0.05, 0) is 74.5 Å². The lowest BCUT2D eigenvalue weighted by Gasteiger charge is -2.32. The maximum Gasteiger partial charge on any atom is 0.122 e. The summed E-state index contributed by atoms with van der Waals surface area (Å²) >= 11 is 0. The summed E-state index contributed by atoms with van der Waals surface area (Å²) in [6.07, 6.45) is 4.32. The van der Waals surface area contributed by atoms with Gasteiger partial charge in [0.05, 0.1) is 12.8 Å². The number of halogens is 1. The number of para-hydroxylation sites is 1. The molecule has 0 aliphatic carbocycles. The first-order valence-electron chi connectivity index (χ1n) is 14.4. The van der Waals surface area contributed by atoms with Crippen molar-refractivity contribution in [1.29, 1.82) is 0 Å². The van der Waals surface area contributed by atoms with Gasteiger partial charge in [0.2, 0.25) is 0 Å². The molecule has 3 nitrogen and oxygen atoms in total. The van der Waals surface area contributed by atoms with Gasteiger partial charge in [-0.2, -0.15) is 0 Å². The molecule has 0 atom stereocenters. The molecular formula is C35H42BrN2OP. The second kappa shape index (κ2) is 15.5. The molecule has 0 spiro atoms. The van der Waals surface area contributed by atoms with Crippen LogP contribution in [-0.4, -0.2) is 62.3 Å². The Kier molecular flexibility index (Phi) is 11.8. The standard InChI is InChI=1S/C35H42N2OP.BrH/c1-36-25-27-37(28-26-36)24-13-16-31-15-11-12-23-35(31)38-29-14-30-39(32-17-5-2-6-18-32,33-19-7-3-8-20-33)34-21-9-4-10-22-34;/h2-12,15,17-23H,13-14,16,24-30H2,1H3;1H/q+1;/p-1. The first-order valence-corrected chi connectivity index (χ1v) is 16.4. The van der Waals surface area contributed by atoms with Crippen LogP contribution in [0.25, 0.3) is 0 Å². The van der Waals surface area contributed by atoms with E-state index in [1.807, 2.05) is 0 Å². The number of likely N-dealkylation sites (N-methyl/N-ethyl adjacent to an activating group) is 1. The summed E-state index contributed by atoms with van der Waals surface area (Å²) in [5, 5.41) is 4.31. The van der Waals surface area contributed by atoms with E-state index in [2.05, 4.69) is 132 Å². The van der Waals surface area contributed by atoms with E-state index in [-0.39, 0.29) is 17.0 Å². The summed E-state index contributed by atoms with van der Waals surface area (Å²) in [6.45, 7) is 6.62. The van der Waals surface area contributed by atoms with Gasteiger partial charge in [0, 0.05) is 32.6 Å².